The van der Waals surface area contributed by atoms with Gasteiger partial charge in [-0.25, -0.2) is 0 Å². The largest absolute Gasteiger partial charge is 0.0828 e. The smallest absolute Gasteiger partial charge is 0.0490 e. The standard InChI is InChI=1S/C18H18S2/c1-3-11-16(12-4-1)19-18(15-9-7-8-10-15)20-17-13-5-2-6-14-17/h1-6,11-14H,7-10H2. The fraction of sp³-hybridized carbons (Fsp3) is 0.222. The number of hydrogen-bond donors (Lipinski definition) is 0. The summed E-state index contributed by atoms with van der Waals surface area (Å²) >= 11 is 3.85. The van der Waals surface area contributed by atoms with E-state index in [1.165, 1.54) is 39.7 Å². The molecule has 2 aromatic carbocycles. The number of hydrogen-bond acceptors (Lipinski definition) is 2. The molecular weight excluding hydrogens is 280 g/mol. The van der Waals surface area contributed by atoms with E-state index in [2.05, 4.69) is 60.7 Å². The van der Waals surface area contributed by atoms with Gasteiger partial charge in [0, 0.05) is 14.0 Å². The number of benzene rings is 2. The zero-order chi connectivity index (χ0) is 13.6. The van der Waals surface area contributed by atoms with E-state index < -0.39 is 0 Å². The van der Waals surface area contributed by atoms with E-state index in [1.54, 1.807) is 5.57 Å². The fourth-order valence-electron chi connectivity index (χ4n) is 2.36. The number of thioether (sulfide) groups is 2. The van der Waals surface area contributed by atoms with Crippen LogP contribution in [0.25, 0.3) is 0 Å². The molecular formula is C18H18S2. The third kappa shape index (κ3) is 3.71. The van der Waals surface area contributed by atoms with Gasteiger partial charge in [-0.1, -0.05) is 59.9 Å². The first-order chi connectivity index (χ1) is 9.92. The van der Waals surface area contributed by atoms with Gasteiger partial charge in [-0.15, -0.1) is 0 Å². The van der Waals surface area contributed by atoms with Crippen LogP contribution in [-0.2, 0) is 0 Å². The van der Waals surface area contributed by atoms with Gasteiger partial charge in [0.05, 0.1) is 0 Å². The summed E-state index contributed by atoms with van der Waals surface area (Å²) in [4.78, 5) is 2.68. The Morgan fingerprint density at radius 3 is 1.55 bits per heavy atom. The van der Waals surface area contributed by atoms with Crippen molar-refractivity contribution in [1.29, 1.82) is 0 Å². The van der Waals surface area contributed by atoms with E-state index in [0.29, 0.717) is 0 Å². The van der Waals surface area contributed by atoms with Crippen LogP contribution in [-0.4, -0.2) is 0 Å². The van der Waals surface area contributed by atoms with E-state index in [1.807, 2.05) is 23.5 Å². The normalized spacial score (nSPS) is 14.5. The first-order valence-corrected chi connectivity index (χ1v) is 8.73. The fourth-order valence-corrected chi connectivity index (χ4v) is 4.82. The summed E-state index contributed by atoms with van der Waals surface area (Å²) in [7, 11) is 0. The summed E-state index contributed by atoms with van der Waals surface area (Å²) in [6.07, 6.45) is 5.25. The first-order valence-electron chi connectivity index (χ1n) is 7.09. The third-order valence-electron chi connectivity index (χ3n) is 3.40. The molecule has 1 aliphatic carbocycles. The summed E-state index contributed by atoms with van der Waals surface area (Å²) in [6.45, 7) is 0. The highest BCUT2D eigenvalue weighted by Gasteiger charge is 2.15. The SMILES string of the molecule is c1ccc(SC(Sc2ccccc2)=C2CCCC2)cc1. The highest BCUT2D eigenvalue weighted by Crippen LogP contribution is 2.45. The van der Waals surface area contributed by atoms with Gasteiger partial charge in [0.1, 0.15) is 0 Å². The summed E-state index contributed by atoms with van der Waals surface area (Å²) in [6, 6.07) is 21.4. The van der Waals surface area contributed by atoms with Crippen molar-refractivity contribution >= 4 is 23.5 Å². The molecule has 0 amide bonds. The van der Waals surface area contributed by atoms with Crippen LogP contribution < -0.4 is 0 Å². The molecule has 0 atom stereocenters. The Hall–Kier alpha value is -1.12. The molecule has 1 aliphatic rings. The van der Waals surface area contributed by atoms with E-state index >= 15 is 0 Å². The van der Waals surface area contributed by atoms with Crippen LogP contribution in [0.5, 0.6) is 0 Å². The Morgan fingerprint density at radius 1 is 0.650 bits per heavy atom. The maximum Gasteiger partial charge on any atom is 0.0490 e. The van der Waals surface area contributed by atoms with Crippen LogP contribution in [0.2, 0.25) is 0 Å². The second kappa shape index (κ2) is 7.05. The van der Waals surface area contributed by atoms with E-state index in [0.717, 1.165) is 0 Å². The minimum Gasteiger partial charge on any atom is -0.0828 e. The Morgan fingerprint density at radius 2 is 1.10 bits per heavy atom. The summed E-state index contributed by atoms with van der Waals surface area (Å²) in [5, 5.41) is 0. The maximum atomic E-state index is 2.20. The average Bonchev–Trinajstić information content (AvgIpc) is 3.03. The Kier molecular flexibility index (Phi) is 4.88. The molecule has 102 valence electrons. The Bertz CT molecular complexity index is 521. The molecule has 0 N–H and O–H groups in total. The lowest BCUT2D eigenvalue weighted by atomic mass is 10.3. The molecule has 1 saturated carbocycles. The van der Waals surface area contributed by atoms with Gasteiger partial charge in [0.2, 0.25) is 0 Å². The van der Waals surface area contributed by atoms with Gasteiger partial charge < -0.3 is 0 Å². The van der Waals surface area contributed by atoms with Crippen molar-refractivity contribution in [2.24, 2.45) is 0 Å². The van der Waals surface area contributed by atoms with Crippen molar-refractivity contribution in [2.75, 3.05) is 0 Å². The van der Waals surface area contributed by atoms with Crippen LogP contribution >= 0.6 is 23.5 Å². The molecule has 0 saturated heterocycles. The van der Waals surface area contributed by atoms with Crippen molar-refractivity contribution in [1.82, 2.24) is 0 Å². The van der Waals surface area contributed by atoms with E-state index in [-0.39, 0.29) is 0 Å². The zero-order valence-corrected chi connectivity index (χ0v) is 13.1. The minimum atomic E-state index is 1.27. The lowest BCUT2D eigenvalue weighted by Crippen LogP contribution is -1.81. The quantitative estimate of drug-likeness (QED) is 0.603. The topological polar surface area (TPSA) is 0 Å². The zero-order valence-electron chi connectivity index (χ0n) is 11.4. The average molecular weight is 298 g/mol. The molecule has 0 aromatic heterocycles. The molecule has 0 heterocycles. The van der Waals surface area contributed by atoms with Gasteiger partial charge in [0.15, 0.2) is 0 Å². The van der Waals surface area contributed by atoms with Crippen molar-refractivity contribution in [3.63, 3.8) is 0 Å². The van der Waals surface area contributed by atoms with Crippen molar-refractivity contribution < 1.29 is 0 Å². The van der Waals surface area contributed by atoms with Crippen LogP contribution in [0.1, 0.15) is 25.7 Å². The molecule has 0 unspecified atom stereocenters. The molecule has 0 nitrogen and oxygen atoms in total. The Balaban J connectivity index is 1.83. The molecule has 0 spiro atoms. The summed E-state index contributed by atoms with van der Waals surface area (Å²) in [5.41, 5.74) is 1.65. The molecule has 3 rings (SSSR count). The van der Waals surface area contributed by atoms with Crippen molar-refractivity contribution in [2.45, 2.75) is 35.5 Å². The van der Waals surface area contributed by atoms with E-state index in [4.69, 9.17) is 0 Å². The lowest BCUT2D eigenvalue weighted by molar-refractivity contribution is 0.886. The highest BCUT2D eigenvalue weighted by molar-refractivity contribution is 8.22. The molecule has 1 fully saturated rings. The molecule has 0 aliphatic heterocycles. The summed E-state index contributed by atoms with van der Waals surface area (Å²) in [5.74, 6) is 0. The van der Waals surface area contributed by atoms with Crippen LogP contribution in [0, 0.1) is 0 Å². The van der Waals surface area contributed by atoms with Gasteiger partial charge in [0.25, 0.3) is 0 Å². The second-order valence-electron chi connectivity index (χ2n) is 4.93. The van der Waals surface area contributed by atoms with Crippen LogP contribution in [0.3, 0.4) is 0 Å². The predicted octanol–water partition coefficient (Wildman–Crippen LogP) is 6.36. The van der Waals surface area contributed by atoms with Crippen molar-refractivity contribution in [3.8, 4) is 0 Å². The lowest BCUT2D eigenvalue weighted by Gasteiger charge is -2.11. The molecule has 2 heteroatoms. The van der Waals surface area contributed by atoms with Crippen molar-refractivity contribution in [3.05, 3.63) is 70.5 Å². The molecule has 20 heavy (non-hydrogen) atoms. The second-order valence-corrected chi connectivity index (χ2v) is 7.35. The predicted molar refractivity (Wildman–Crippen MR) is 90.1 cm³/mol. The Labute approximate surface area is 129 Å². The summed E-state index contributed by atoms with van der Waals surface area (Å²) < 4.78 is 1.49. The van der Waals surface area contributed by atoms with Gasteiger partial charge in [-0.05, 0) is 55.5 Å². The van der Waals surface area contributed by atoms with Gasteiger partial charge >= 0.3 is 0 Å². The van der Waals surface area contributed by atoms with Gasteiger partial charge in [-0.3, -0.25) is 0 Å². The third-order valence-corrected chi connectivity index (χ3v) is 5.87. The molecule has 2 aromatic rings. The highest BCUT2D eigenvalue weighted by atomic mass is 32.2. The monoisotopic (exact) mass is 298 g/mol. The molecule has 0 radical (unpaired) electrons. The van der Waals surface area contributed by atoms with Crippen LogP contribution in [0.4, 0.5) is 0 Å². The van der Waals surface area contributed by atoms with E-state index in [9.17, 15) is 0 Å². The number of rotatable bonds is 4. The van der Waals surface area contributed by atoms with Crippen LogP contribution in [0.15, 0.2) is 80.3 Å². The van der Waals surface area contributed by atoms with Gasteiger partial charge in [-0.2, -0.15) is 0 Å². The molecule has 0 bridgehead atoms. The first kappa shape index (κ1) is 13.8. The minimum absolute atomic E-state index is 1.27. The number of allylic oxidation sites excluding steroid dienone is 1. The maximum absolute atomic E-state index is 2.20.